The van der Waals surface area contributed by atoms with Gasteiger partial charge in [-0.1, -0.05) is 29.8 Å². The molecule has 1 heterocycles. The minimum Gasteiger partial charge on any atom is -0.336 e. The summed E-state index contributed by atoms with van der Waals surface area (Å²) in [6.45, 7) is 3.21. The molecule has 1 aliphatic heterocycles. The maximum atomic E-state index is 12.7. The van der Waals surface area contributed by atoms with Crippen molar-refractivity contribution >= 4 is 27.5 Å². The summed E-state index contributed by atoms with van der Waals surface area (Å²) >= 11 is 5.82. The Labute approximate surface area is 152 Å². The molecule has 0 saturated carbocycles. The first-order valence-corrected chi connectivity index (χ1v) is 9.82. The summed E-state index contributed by atoms with van der Waals surface area (Å²) in [4.78, 5) is 14.6. The molecule has 0 bridgehead atoms. The number of hydrogen-bond donors (Lipinski definition) is 0. The van der Waals surface area contributed by atoms with Gasteiger partial charge >= 0.3 is 0 Å². The Kier molecular flexibility index (Phi) is 5.13. The number of nitrogens with zero attached hydrogens (tertiary/aromatic N) is 2. The largest absolute Gasteiger partial charge is 0.336 e. The van der Waals surface area contributed by atoms with Crippen molar-refractivity contribution in [2.24, 2.45) is 0 Å². The van der Waals surface area contributed by atoms with E-state index in [1.165, 1.54) is 16.4 Å². The molecule has 0 spiro atoms. The summed E-state index contributed by atoms with van der Waals surface area (Å²) in [5, 5.41) is 0.493. The second-order valence-electron chi connectivity index (χ2n) is 5.97. The maximum absolute atomic E-state index is 12.7. The molecule has 0 aliphatic carbocycles. The van der Waals surface area contributed by atoms with Crippen molar-refractivity contribution < 1.29 is 13.2 Å². The summed E-state index contributed by atoms with van der Waals surface area (Å²) in [6, 6.07) is 13.6. The van der Waals surface area contributed by atoms with Crippen molar-refractivity contribution in [3.8, 4) is 0 Å². The van der Waals surface area contributed by atoms with Crippen molar-refractivity contribution in [1.29, 1.82) is 0 Å². The van der Waals surface area contributed by atoms with E-state index in [2.05, 4.69) is 0 Å². The molecule has 0 unspecified atom stereocenters. The molecule has 0 aromatic heterocycles. The van der Waals surface area contributed by atoms with Crippen LogP contribution in [-0.4, -0.2) is 49.7 Å². The van der Waals surface area contributed by atoms with Crippen LogP contribution in [0.3, 0.4) is 0 Å². The van der Waals surface area contributed by atoms with Gasteiger partial charge in [0.05, 0.1) is 4.90 Å². The zero-order chi connectivity index (χ0) is 18.0. The molecule has 5 nitrogen and oxygen atoms in total. The van der Waals surface area contributed by atoms with Crippen molar-refractivity contribution in [2.75, 3.05) is 26.2 Å². The van der Waals surface area contributed by atoms with Crippen molar-refractivity contribution in [3.05, 3.63) is 64.7 Å². The van der Waals surface area contributed by atoms with Gasteiger partial charge in [-0.15, -0.1) is 0 Å². The number of amides is 1. The van der Waals surface area contributed by atoms with Gasteiger partial charge in [0, 0.05) is 36.8 Å². The number of aryl methyl sites for hydroxylation is 1. The lowest BCUT2D eigenvalue weighted by Crippen LogP contribution is -2.50. The van der Waals surface area contributed by atoms with Crippen molar-refractivity contribution in [1.82, 2.24) is 9.21 Å². The summed E-state index contributed by atoms with van der Waals surface area (Å²) in [6.07, 6.45) is 0. The van der Waals surface area contributed by atoms with E-state index >= 15 is 0 Å². The SMILES string of the molecule is Cc1ccccc1C(=O)N1CCN(S(=O)(=O)c2ccc(Cl)cc2)CC1. The van der Waals surface area contributed by atoms with Gasteiger partial charge < -0.3 is 4.90 Å². The molecule has 0 atom stereocenters. The molecular formula is C18H19ClN2O3S. The first-order valence-electron chi connectivity index (χ1n) is 8.00. The highest BCUT2D eigenvalue weighted by Crippen LogP contribution is 2.21. The molecule has 132 valence electrons. The van der Waals surface area contributed by atoms with Gasteiger partial charge in [-0.3, -0.25) is 4.79 Å². The predicted molar refractivity (Wildman–Crippen MR) is 97.3 cm³/mol. The van der Waals surface area contributed by atoms with E-state index in [4.69, 9.17) is 11.6 Å². The lowest BCUT2D eigenvalue weighted by atomic mass is 10.1. The van der Waals surface area contributed by atoms with E-state index in [0.29, 0.717) is 23.7 Å². The zero-order valence-electron chi connectivity index (χ0n) is 13.9. The lowest BCUT2D eigenvalue weighted by molar-refractivity contribution is 0.0697. The molecule has 1 amide bonds. The smallest absolute Gasteiger partial charge is 0.254 e. The Morgan fingerprint density at radius 1 is 0.960 bits per heavy atom. The highest BCUT2D eigenvalue weighted by Gasteiger charge is 2.30. The predicted octanol–water partition coefficient (Wildman–Crippen LogP) is 2.80. The standard InChI is InChI=1S/C18H19ClN2O3S/c1-14-4-2-3-5-17(14)18(22)20-10-12-21(13-11-20)25(23,24)16-8-6-15(19)7-9-16/h2-9H,10-13H2,1H3. The number of halogens is 1. The summed E-state index contributed by atoms with van der Waals surface area (Å²) in [5.74, 6) is -0.0540. The van der Waals surface area contributed by atoms with E-state index in [1.807, 2.05) is 25.1 Å². The first-order chi connectivity index (χ1) is 11.9. The fourth-order valence-electron chi connectivity index (χ4n) is 2.87. The molecule has 0 N–H and O–H groups in total. The van der Waals surface area contributed by atoms with Crippen molar-refractivity contribution in [3.63, 3.8) is 0 Å². The topological polar surface area (TPSA) is 57.7 Å². The highest BCUT2D eigenvalue weighted by atomic mass is 35.5. The number of carbonyl (C=O) groups is 1. The molecule has 1 saturated heterocycles. The van der Waals surface area contributed by atoms with Gasteiger partial charge in [-0.05, 0) is 42.8 Å². The van der Waals surface area contributed by atoms with Gasteiger partial charge in [0.15, 0.2) is 0 Å². The number of benzene rings is 2. The lowest BCUT2D eigenvalue weighted by Gasteiger charge is -2.34. The Hall–Kier alpha value is -1.89. The van der Waals surface area contributed by atoms with Crippen LogP contribution >= 0.6 is 11.6 Å². The Balaban J connectivity index is 1.70. The van der Waals surface area contributed by atoms with E-state index in [1.54, 1.807) is 23.1 Å². The molecule has 1 aliphatic rings. The molecule has 1 fully saturated rings. The van der Waals surface area contributed by atoms with Crippen LogP contribution in [0, 0.1) is 6.92 Å². The second kappa shape index (κ2) is 7.15. The van der Waals surface area contributed by atoms with Crippen LogP contribution in [-0.2, 0) is 10.0 Å². The number of sulfonamides is 1. The van der Waals surface area contributed by atoms with Crippen LogP contribution in [0.25, 0.3) is 0 Å². The number of piperazine rings is 1. The van der Waals surface area contributed by atoms with Gasteiger partial charge in [0.2, 0.25) is 10.0 Å². The molecule has 0 radical (unpaired) electrons. The Morgan fingerprint density at radius 2 is 1.56 bits per heavy atom. The third kappa shape index (κ3) is 3.71. The van der Waals surface area contributed by atoms with Gasteiger partial charge in [-0.2, -0.15) is 4.31 Å². The Morgan fingerprint density at radius 3 is 2.16 bits per heavy atom. The minimum absolute atomic E-state index is 0.0540. The van der Waals surface area contributed by atoms with Crippen LogP contribution < -0.4 is 0 Å². The summed E-state index contributed by atoms with van der Waals surface area (Å²) < 4.78 is 26.8. The van der Waals surface area contributed by atoms with E-state index in [0.717, 1.165) is 5.56 Å². The van der Waals surface area contributed by atoms with Crippen LogP contribution in [0.5, 0.6) is 0 Å². The molecule has 3 rings (SSSR count). The van der Waals surface area contributed by atoms with Gasteiger partial charge in [0.25, 0.3) is 5.91 Å². The van der Waals surface area contributed by atoms with E-state index in [-0.39, 0.29) is 23.9 Å². The van der Waals surface area contributed by atoms with E-state index in [9.17, 15) is 13.2 Å². The normalized spacial score (nSPS) is 16.0. The molecule has 2 aromatic rings. The molecule has 25 heavy (non-hydrogen) atoms. The van der Waals surface area contributed by atoms with E-state index < -0.39 is 10.0 Å². The third-order valence-electron chi connectivity index (χ3n) is 4.35. The second-order valence-corrected chi connectivity index (χ2v) is 8.34. The van der Waals surface area contributed by atoms with Crippen LogP contribution in [0.15, 0.2) is 53.4 Å². The highest BCUT2D eigenvalue weighted by molar-refractivity contribution is 7.89. The van der Waals surface area contributed by atoms with Gasteiger partial charge in [0.1, 0.15) is 0 Å². The quantitative estimate of drug-likeness (QED) is 0.825. The molecular weight excluding hydrogens is 360 g/mol. The number of hydrogen-bond acceptors (Lipinski definition) is 3. The Bertz CT molecular complexity index is 873. The van der Waals surface area contributed by atoms with Crippen molar-refractivity contribution in [2.45, 2.75) is 11.8 Å². The average molecular weight is 379 g/mol. The monoisotopic (exact) mass is 378 g/mol. The summed E-state index contributed by atoms with van der Waals surface area (Å²) in [5.41, 5.74) is 1.58. The first kappa shape index (κ1) is 17.9. The third-order valence-corrected chi connectivity index (χ3v) is 6.52. The fourth-order valence-corrected chi connectivity index (χ4v) is 4.42. The zero-order valence-corrected chi connectivity index (χ0v) is 15.4. The van der Waals surface area contributed by atoms with Crippen LogP contribution in [0.2, 0.25) is 5.02 Å². The number of carbonyl (C=O) groups excluding carboxylic acids is 1. The minimum atomic E-state index is -3.56. The van der Waals surface area contributed by atoms with Crippen LogP contribution in [0.4, 0.5) is 0 Å². The molecule has 2 aromatic carbocycles. The number of rotatable bonds is 3. The summed E-state index contributed by atoms with van der Waals surface area (Å²) in [7, 11) is -3.56. The van der Waals surface area contributed by atoms with Gasteiger partial charge in [-0.25, -0.2) is 8.42 Å². The molecule has 7 heteroatoms. The average Bonchev–Trinajstić information content (AvgIpc) is 2.62. The van der Waals surface area contributed by atoms with Crippen LogP contribution in [0.1, 0.15) is 15.9 Å². The maximum Gasteiger partial charge on any atom is 0.254 e. The fraction of sp³-hybridized carbons (Fsp3) is 0.278.